The van der Waals surface area contributed by atoms with Crippen molar-refractivity contribution in [3.05, 3.63) is 51.5 Å². The van der Waals surface area contributed by atoms with Crippen LogP contribution in [0.5, 0.6) is 0 Å². The van der Waals surface area contributed by atoms with Gasteiger partial charge in [-0.1, -0.05) is 30.0 Å². The molecule has 1 saturated heterocycles. The lowest BCUT2D eigenvalue weighted by atomic mass is 9.91. The van der Waals surface area contributed by atoms with E-state index in [4.69, 9.17) is 4.74 Å². The topological polar surface area (TPSA) is 43.4 Å². The van der Waals surface area contributed by atoms with Gasteiger partial charge in [0.15, 0.2) is 0 Å². The number of carbonyl (C=O) groups excluding carboxylic acids is 1. The number of rotatable bonds is 9. The van der Waals surface area contributed by atoms with Crippen molar-refractivity contribution in [3.63, 3.8) is 0 Å². The van der Waals surface area contributed by atoms with E-state index in [-0.39, 0.29) is 10.7 Å². The average Bonchev–Trinajstić information content (AvgIpc) is 2.72. The van der Waals surface area contributed by atoms with Crippen LogP contribution in [0.4, 0.5) is 0 Å². The predicted molar refractivity (Wildman–Crippen MR) is 128 cm³/mol. The molecule has 2 heterocycles. The third kappa shape index (κ3) is 6.37. The molecule has 1 aliphatic heterocycles. The number of carbonyl (C=O) groups is 1. The summed E-state index contributed by atoms with van der Waals surface area (Å²) in [7, 11) is 0. The Labute approximate surface area is 185 Å². The summed E-state index contributed by atoms with van der Waals surface area (Å²) in [6.45, 7) is 5.69. The van der Waals surface area contributed by atoms with Gasteiger partial charge in [0, 0.05) is 26.6 Å². The van der Waals surface area contributed by atoms with Crippen LogP contribution in [0.3, 0.4) is 0 Å². The molecule has 0 radical (unpaired) electrons. The first-order chi connectivity index (χ1) is 14.1. The third-order valence-corrected chi connectivity index (χ3v) is 8.11. The Kier molecular flexibility index (Phi) is 8.69. The Morgan fingerprint density at radius 2 is 2.03 bits per heavy atom. The molecule has 0 bridgehead atoms. The second-order valence-corrected chi connectivity index (χ2v) is 10.8. The van der Waals surface area contributed by atoms with E-state index >= 15 is 0 Å². The van der Waals surface area contributed by atoms with E-state index < -0.39 is 0 Å². The lowest BCUT2D eigenvalue weighted by Gasteiger charge is -2.23. The van der Waals surface area contributed by atoms with Crippen LogP contribution in [0, 0.1) is 0 Å². The molecule has 6 heteroatoms. The Morgan fingerprint density at radius 1 is 1.24 bits per heavy atom. The molecular weight excluding hydrogens is 420 g/mol. The lowest BCUT2D eigenvalue weighted by molar-refractivity contribution is -0.139. The van der Waals surface area contributed by atoms with Gasteiger partial charge < -0.3 is 4.74 Å². The van der Waals surface area contributed by atoms with Crippen LogP contribution in [0.15, 0.2) is 46.1 Å². The summed E-state index contributed by atoms with van der Waals surface area (Å²) in [5.41, 5.74) is 1.87. The van der Waals surface area contributed by atoms with Gasteiger partial charge in [-0.3, -0.25) is 4.79 Å². The number of hydrogen-bond donors (Lipinski definition) is 0. The van der Waals surface area contributed by atoms with Crippen molar-refractivity contribution >= 4 is 50.9 Å². The molecular formula is C23H28O3S3. The van der Waals surface area contributed by atoms with Crippen molar-refractivity contribution in [1.29, 1.82) is 0 Å². The maximum atomic E-state index is 12.2. The molecule has 3 nitrogen and oxygen atoms in total. The maximum Gasteiger partial charge on any atom is 0.333 e. The highest BCUT2D eigenvalue weighted by atomic mass is 32.2. The molecule has 0 amide bonds. The van der Waals surface area contributed by atoms with Crippen molar-refractivity contribution in [2.24, 2.45) is 0 Å². The molecule has 3 rings (SSSR count). The molecule has 29 heavy (non-hydrogen) atoms. The molecule has 1 aromatic carbocycles. The summed E-state index contributed by atoms with van der Waals surface area (Å²) < 4.78 is 6.38. The van der Waals surface area contributed by atoms with Crippen LogP contribution in [0.1, 0.15) is 50.5 Å². The minimum absolute atomic E-state index is 0.128. The van der Waals surface area contributed by atoms with Crippen molar-refractivity contribution in [3.8, 4) is 0 Å². The van der Waals surface area contributed by atoms with E-state index in [1.165, 1.54) is 46.6 Å². The van der Waals surface area contributed by atoms with E-state index in [2.05, 4.69) is 24.8 Å². The number of fused-ring (bicyclic) bond motifs is 1. The minimum atomic E-state index is -0.312. The fourth-order valence-electron chi connectivity index (χ4n) is 3.53. The average molecular weight is 449 g/mol. The summed E-state index contributed by atoms with van der Waals surface area (Å²) in [6.07, 6.45) is 5.34. The monoisotopic (exact) mass is 448 g/mol. The molecule has 0 atom stereocenters. The molecule has 1 aromatic heterocycles. The quantitative estimate of drug-likeness (QED) is 0.196. The summed E-state index contributed by atoms with van der Waals surface area (Å²) in [4.78, 5) is 24.7. The number of hydrogen-bond acceptors (Lipinski definition) is 6. The first-order valence-corrected chi connectivity index (χ1v) is 13.1. The molecule has 0 unspecified atom stereocenters. The number of thioether (sulfide) groups is 2. The highest BCUT2D eigenvalue weighted by Crippen LogP contribution is 2.39. The normalized spacial score (nSPS) is 14.8. The van der Waals surface area contributed by atoms with Gasteiger partial charge >= 0.3 is 5.97 Å². The van der Waals surface area contributed by atoms with Gasteiger partial charge in [0.05, 0.1) is 6.61 Å². The summed E-state index contributed by atoms with van der Waals surface area (Å²) in [5, 5.41) is 1.30. The van der Waals surface area contributed by atoms with E-state index in [1.54, 1.807) is 18.7 Å². The summed E-state index contributed by atoms with van der Waals surface area (Å²) in [5.74, 6) is 3.71. The minimum Gasteiger partial charge on any atom is -0.462 e. The Balaban J connectivity index is 1.62. The predicted octanol–water partition coefficient (Wildman–Crippen LogP) is 6.25. The zero-order valence-electron chi connectivity index (χ0n) is 16.9. The summed E-state index contributed by atoms with van der Waals surface area (Å²) >= 11 is 5.19. The fraction of sp³-hybridized carbons (Fsp3) is 0.478. The van der Waals surface area contributed by atoms with Gasteiger partial charge in [0.25, 0.3) is 0 Å². The Hall–Kier alpha value is -1.24. The van der Waals surface area contributed by atoms with Crippen LogP contribution in [-0.2, 0) is 9.53 Å². The Bertz CT molecular complexity index is 913. The van der Waals surface area contributed by atoms with E-state index in [0.717, 1.165) is 34.6 Å². The number of ether oxygens (including phenoxy) is 1. The molecule has 0 saturated carbocycles. The van der Waals surface area contributed by atoms with Crippen LogP contribution in [0.25, 0.3) is 10.1 Å². The van der Waals surface area contributed by atoms with Crippen molar-refractivity contribution in [1.82, 2.24) is 0 Å². The van der Waals surface area contributed by atoms with E-state index in [1.807, 2.05) is 17.8 Å². The number of unbranched alkanes of at least 4 members (excludes halogenated alkanes) is 2. The molecule has 1 fully saturated rings. The SMILES string of the molecule is C=C(C)C(=O)OCCCCCSc1cc(=O)sc2cccc(C3CCSCC3)c12. The van der Waals surface area contributed by atoms with Gasteiger partial charge in [-0.2, -0.15) is 11.8 Å². The molecule has 0 N–H and O–H groups in total. The van der Waals surface area contributed by atoms with Crippen molar-refractivity contribution in [2.75, 3.05) is 23.9 Å². The van der Waals surface area contributed by atoms with Gasteiger partial charge in [-0.15, -0.1) is 11.8 Å². The Morgan fingerprint density at radius 3 is 2.79 bits per heavy atom. The fourth-order valence-corrected chi connectivity index (χ4v) is 6.77. The van der Waals surface area contributed by atoms with Gasteiger partial charge in [0.2, 0.25) is 4.74 Å². The maximum absolute atomic E-state index is 12.2. The zero-order chi connectivity index (χ0) is 20.6. The number of esters is 1. The molecule has 0 aliphatic carbocycles. The first-order valence-electron chi connectivity index (χ1n) is 10.2. The first kappa shape index (κ1) is 22.4. The molecule has 0 spiro atoms. The van der Waals surface area contributed by atoms with Gasteiger partial charge in [0.1, 0.15) is 0 Å². The van der Waals surface area contributed by atoms with E-state index in [9.17, 15) is 9.59 Å². The van der Waals surface area contributed by atoms with Gasteiger partial charge in [-0.05, 0) is 73.8 Å². The second kappa shape index (κ2) is 11.2. The van der Waals surface area contributed by atoms with Crippen LogP contribution < -0.4 is 4.74 Å². The molecule has 156 valence electrons. The molecule has 2 aromatic rings. The largest absolute Gasteiger partial charge is 0.462 e. The number of benzene rings is 1. The van der Waals surface area contributed by atoms with Crippen LogP contribution >= 0.6 is 34.9 Å². The second-order valence-electron chi connectivity index (χ2n) is 7.36. The van der Waals surface area contributed by atoms with Crippen LogP contribution in [0.2, 0.25) is 0 Å². The van der Waals surface area contributed by atoms with Crippen LogP contribution in [-0.4, -0.2) is 29.8 Å². The molecule has 1 aliphatic rings. The smallest absolute Gasteiger partial charge is 0.333 e. The van der Waals surface area contributed by atoms with Crippen molar-refractivity contribution < 1.29 is 9.53 Å². The highest BCUT2D eigenvalue weighted by Gasteiger charge is 2.20. The zero-order valence-corrected chi connectivity index (χ0v) is 19.4. The van der Waals surface area contributed by atoms with Crippen molar-refractivity contribution in [2.45, 2.75) is 49.8 Å². The summed E-state index contributed by atoms with van der Waals surface area (Å²) in [6, 6.07) is 8.28. The third-order valence-electron chi connectivity index (χ3n) is 5.05. The van der Waals surface area contributed by atoms with Gasteiger partial charge in [-0.25, -0.2) is 4.79 Å². The highest BCUT2D eigenvalue weighted by molar-refractivity contribution is 7.99. The lowest BCUT2D eigenvalue weighted by Crippen LogP contribution is -2.09. The standard InChI is InChI=1S/C23H28O3S3/c1-16(2)23(25)26-11-4-3-5-12-28-20-15-21(24)29-19-8-6-7-18(22(19)20)17-9-13-27-14-10-17/h6-8,15,17H,1,3-5,9-14H2,2H3. The van der Waals surface area contributed by atoms with E-state index in [0.29, 0.717) is 18.1 Å².